The van der Waals surface area contributed by atoms with Gasteiger partial charge in [0.15, 0.2) is 11.5 Å². The molecule has 30 heavy (non-hydrogen) atoms. The van der Waals surface area contributed by atoms with Crippen LogP contribution in [0.5, 0.6) is 17.2 Å². The van der Waals surface area contributed by atoms with Crippen molar-refractivity contribution in [3.8, 4) is 17.2 Å². The first-order valence-electron chi connectivity index (χ1n) is 9.86. The van der Waals surface area contributed by atoms with Crippen LogP contribution in [0.15, 0.2) is 36.4 Å². The molecule has 7 heteroatoms. The Hall–Kier alpha value is -2.93. The molecule has 1 heterocycles. The molecule has 0 bridgehead atoms. The number of fused-ring (bicyclic) bond motifs is 1. The molecule has 0 saturated heterocycles. The fourth-order valence-electron chi connectivity index (χ4n) is 3.20. The van der Waals surface area contributed by atoms with Crippen molar-refractivity contribution in [1.29, 1.82) is 0 Å². The lowest BCUT2D eigenvalue weighted by Crippen LogP contribution is -2.36. The number of carbonyl (C=O) groups excluding carboxylic acids is 1. The van der Waals surface area contributed by atoms with Gasteiger partial charge in [0.05, 0.1) is 26.4 Å². The monoisotopic (exact) mass is 415 g/mol. The second-order valence-electron chi connectivity index (χ2n) is 8.06. The van der Waals surface area contributed by atoms with Gasteiger partial charge in [-0.15, -0.1) is 0 Å². The maximum atomic E-state index is 12.5. The number of ether oxygens (including phenoxy) is 5. The zero-order valence-electron chi connectivity index (χ0n) is 18.1. The third kappa shape index (κ3) is 5.36. The van der Waals surface area contributed by atoms with Crippen LogP contribution < -0.4 is 19.5 Å². The van der Waals surface area contributed by atoms with E-state index >= 15 is 0 Å². The van der Waals surface area contributed by atoms with Crippen molar-refractivity contribution in [2.75, 3.05) is 20.5 Å². The number of methoxy groups -OCH3 is 1. The average molecular weight is 415 g/mol. The number of hydrogen-bond acceptors (Lipinski definition) is 6. The van der Waals surface area contributed by atoms with Crippen LogP contribution >= 0.6 is 0 Å². The van der Waals surface area contributed by atoms with Crippen LogP contribution in [-0.2, 0) is 16.1 Å². The van der Waals surface area contributed by atoms with Gasteiger partial charge in [0, 0.05) is 11.1 Å². The predicted molar refractivity (Wildman–Crippen MR) is 112 cm³/mol. The molecule has 1 atom stereocenters. The molecule has 2 aromatic rings. The second-order valence-corrected chi connectivity index (χ2v) is 8.06. The topological polar surface area (TPSA) is 75.3 Å². The highest BCUT2D eigenvalue weighted by atomic mass is 16.7. The summed E-state index contributed by atoms with van der Waals surface area (Å²) in [4.78, 5) is 12.5. The van der Waals surface area contributed by atoms with Gasteiger partial charge in [-0.05, 0) is 39.3 Å². The number of benzene rings is 2. The summed E-state index contributed by atoms with van der Waals surface area (Å²) in [6.45, 7) is 8.09. The van der Waals surface area contributed by atoms with E-state index in [1.165, 1.54) is 0 Å². The van der Waals surface area contributed by atoms with Crippen molar-refractivity contribution in [3.63, 3.8) is 0 Å². The maximum Gasteiger partial charge on any atom is 0.408 e. The third-order valence-corrected chi connectivity index (χ3v) is 4.55. The fraction of sp³-hybridized carbons (Fsp3) is 0.435. The zero-order chi connectivity index (χ0) is 21.7. The van der Waals surface area contributed by atoms with Gasteiger partial charge in [0.2, 0.25) is 6.79 Å². The minimum absolute atomic E-state index is 0.111. The second kappa shape index (κ2) is 9.26. The largest absolute Gasteiger partial charge is 0.496 e. The van der Waals surface area contributed by atoms with Gasteiger partial charge in [-0.25, -0.2) is 4.79 Å². The van der Waals surface area contributed by atoms with Crippen molar-refractivity contribution < 1.29 is 28.5 Å². The number of alkyl carbamates (subject to hydrolysis) is 1. The maximum absolute atomic E-state index is 12.5. The summed E-state index contributed by atoms with van der Waals surface area (Å²) < 4.78 is 28.2. The highest BCUT2D eigenvalue weighted by Gasteiger charge is 2.30. The summed E-state index contributed by atoms with van der Waals surface area (Å²) in [5, 5.41) is 2.90. The molecule has 0 radical (unpaired) electrons. The molecule has 0 aromatic heterocycles. The minimum Gasteiger partial charge on any atom is -0.496 e. The van der Waals surface area contributed by atoms with E-state index in [1.807, 2.05) is 64.1 Å². The van der Waals surface area contributed by atoms with Crippen molar-refractivity contribution in [2.45, 2.75) is 45.9 Å². The zero-order valence-corrected chi connectivity index (χ0v) is 18.1. The minimum atomic E-state index is -0.619. The Balaban J connectivity index is 1.85. The Morgan fingerprint density at radius 1 is 1.17 bits per heavy atom. The van der Waals surface area contributed by atoms with Gasteiger partial charge in [0.25, 0.3) is 0 Å². The Kier molecular flexibility index (Phi) is 6.72. The van der Waals surface area contributed by atoms with Crippen molar-refractivity contribution in [3.05, 3.63) is 53.1 Å². The average Bonchev–Trinajstić information content (AvgIpc) is 3.17. The summed E-state index contributed by atoms with van der Waals surface area (Å²) >= 11 is 0. The molecule has 2 aromatic carbocycles. The molecule has 0 fully saturated rings. The van der Waals surface area contributed by atoms with Gasteiger partial charge >= 0.3 is 6.09 Å². The third-order valence-electron chi connectivity index (χ3n) is 4.55. The molecule has 1 aliphatic rings. The molecule has 0 saturated carbocycles. The Bertz CT molecular complexity index is 875. The van der Waals surface area contributed by atoms with Crippen LogP contribution in [-0.4, -0.2) is 32.2 Å². The van der Waals surface area contributed by atoms with Crippen molar-refractivity contribution in [1.82, 2.24) is 5.32 Å². The number of carbonyl (C=O) groups is 1. The van der Waals surface area contributed by atoms with E-state index in [9.17, 15) is 4.79 Å². The smallest absolute Gasteiger partial charge is 0.408 e. The molecule has 0 aliphatic carbocycles. The van der Waals surface area contributed by atoms with Crippen LogP contribution in [0.2, 0.25) is 0 Å². The lowest BCUT2D eigenvalue weighted by atomic mass is 10.0. The molecule has 0 spiro atoms. The first-order valence-corrected chi connectivity index (χ1v) is 9.86. The lowest BCUT2D eigenvalue weighted by Gasteiger charge is -2.25. The van der Waals surface area contributed by atoms with Crippen molar-refractivity contribution >= 4 is 6.09 Å². The van der Waals surface area contributed by atoms with E-state index in [2.05, 4.69) is 5.32 Å². The van der Waals surface area contributed by atoms with E-state index in [4.69, 9.17) is 23.7 Å². The molecular weight excluding hydrogens is 386 g/mol. The molecule has 0 unspecified atom stereocenters. The van der Waals surface area contributed by atoms with E-state index in [0.29, 0.717) is 29.4 Å². The van der Waals surface area contributed by atoms with Gasteiger partial charge in [-0.2, -0.15) is 0 Å². The van der Waals surface area contributed by atoms with E-state index < -0.39 is 17.7 Å². The summed E-state index contributed by atoms with van der Waals surface area (Å²) in [5.74, 6) is 1.84. The Morgan fingerprint density at radius 2 is 1.87 bits per heavy atom. The normalized spacial score (nSPS) is 13.6. The summed E-state index contributed by atoms with van der Waals surface area (Å²) in [7, 11) is 1.59. The highest BCUT2D eigenvalue weighted by molar-refractivity contribution is 5.69. The van der Waals surface area contributed by atoms with E-state index in [0.717, 1.165) is 11.1 Å². The number of amides is 1. The molecular formula is C23H29NO6. The molecule has 1 aliphatic heterocycles. The predicted octanol–water partition coefficient (Wildman–Crippen LogP) is 4.51. The van der Waals surface area contributed by atoms with Crippen LogP contribution in [0.4, 0.5) is 4.79 Å². The van der Waals surface area contributed by atoms with Gasteiger partial charge < -0.3 is 29.0 Å². The molecule has 1 N–H and O–H groups in total. The molecule has 7 nitrogen and oxygen atoms in total. The number of nitrogens with one attached hydrogen (secondary N) is 1. The van der Waals surface area contributed by atoms with Gasteiger partial charge in [-0.1, -0.05) is 30.3 Å². The van der Waals surface area contributed by atoms with Crippen LogP contribution in [0.1, 0.15) is 43.5 Å². The summed E-state index contributed by atoms with van der Waals surface area (Å²) in [5.41, 5.74) is 1.98. The van der Waals surface area contributed by atoms with Crippen LogP contribution in [0.3, 0.4) is 0 Å². The van der Waals surface area contributed by atoms with Crippen LogP contribution in [0, 0.1) is 6.92 Å². The van der Waals surface area contributed by atoms with E-state index in [1.54, 1.807) is 7.11 Å². The number of rotatable bonds is 7. The molecule has 1 amide bonds. The van der Waals surface area contributed by atoms with Gasteiger partial charge in [-0.3, -0.25) is 0 Å². The summed E-state index contributed by atoms with van der Waals surface area (Å²) in [6.07, 6.45) is -0.539. The molecule has 162 valence electrons. The van der Waals surface area contributed by atoms with Gasteiger partial charge in [0.1, 0.15) is 11.4 Å². The standard InChI is InChI=1S/C23H29NO6/c1-15-19(26-5)11-17(21-20(15)28-14-29-21)18(24-22(25)30-23(2,3)4)13-27-12-16-9-7-6-8-10-16/h6-11,18H,12-14H2,1-5H3,(H,24,25)/t18-/m1/s1. The fourth-order valence-corrected chi connectivity index (χ4v) is 3.20. The summed E-state index contributed by atoms with van der Waals surface area (Å²) in [6, 6.07) is 11.2. The quantitative estimate of drug-likeness (QED) is 0.717. The number of hydrogen-bond donors (Lipinski definition) is 1. The van der Waals surface area contributed by atoms with Crippen molar-refractivity contribution in [2.24, 2.45) is 0 Å². The highest BCUT2D eigenvalue weighted by Crippen LogP contribution is 2.45. The Labute approximate surface area is 177 Å². The molecule has 3 rings (SSSR count). The first-order chi connectivity index (χ1) is 14.3. The first kappa shape index (κ1) is 21.8. The SMILES string of the molecule is COc1cc([C@@H](COCc2ccccc2)NC(=O)OC(C)(C)C)c2c(c1C)OCO2. The van der Waals surface area contributed by atoms with Crippen LogP contribution in [0.25, 0.3) is 0 Å². The Morgan fingerprint density at radius 3 is 2.53 bits per heavy atom. The lowest BCUT2D eigenvalue weighted by molar-refractivity contribution is 0.0425. The van der Waals surface area contributed by atoms with E-state index in [-0.39, 0.29) is 13.4 Å².